The number of hydrogen-bond donors (Lipinski definition) is 1. The van der Waals surface area contributed by atoms with Crippen LogP contribution in [0.25, 0.3) is 10.9 Å². The Labute approximate surface area is 197 Å². The van der Waals surface area contributed by atoms with Crippen molar-refractivity contribution >= 4 is 34.5 Å². The monoisotopic (exact) mass is 482 g/mol. The first-order valence-corrected chi connectivity index (χ1v) is 11.1. The van der Waals surface area contributed by atoms with E-state index in [4.69, 9.17) is 0 Å². The molecule has 1 saturated carbocycles. The zero-order valence-corrected chi connectivity index (χ0v) is 18.4. The summed E-state index contributed by atoms with van der Waals surface area (Å²) in [6.07, 6.45) is 4.42. The fourth-order valence-corrected chi connectivity index (χ4v) is 4.53. The van der Waals surface area contributed by atoms with Crippen molar-refractivity contribution in [1.82, 2.24) is 4.57 Å². The molecule has 9 nitrogen and oxygen atoms in total. The predicted molar refractivity (Wildman–Crippen MR) is 125 cm³/mol. The molecule has 1 aliphatic heterocycles. The van der Waals surface area contributed by atoms with Crippen molar-refractivity contribution in [2.75, 3.05) is 18.0 Å². The Bertz CT molecular complexity index is 1460. The number of hydrogen-bond acceptors (Lipinski definition) is 6. The summed E-state index contributed by atoms with van der Waals surface area (Å²) in [5.74, 6) is -3.32. The van der Waals surface area contributed by atoms with Crippen LogP contribution in [-0.2, 0) is 0 Å². The van der Waals surface area contributed by atoms with Crippen LogP contribution >= 0.6 is 0 Å². The molecule has 11 heteroatoms. The van der Waals surface area contributed by atoms with Crippen LogP contribution in [0.4, 0.5) is 20.2 Å². The summed E-state index contributed by atoms with van der Waals surface area (Å²) in [7, 11) is 0. The van der Waals surface area contributed by atoms with Crippen LogP contribution in [0.5, 0.6) is 0 Å². The molecule has 1 saturated heterocycles. The topological polar surface area (TPSA) is 118 Å². The zero-order chi connectivity index (χ0) is 24.9. The molecule has 2 aromatic carbocycles. The van der Waals surface area contributed by atoms with Gasteiger partial charge < -0.3 is 14.6 Å². The molecule has 0 radical (unpaired) electrons. The third-order valence-electron chi connectivity index (χ3n) is 6.39. The second-order valence-electron chi connectivity index (χ2n) is 8.72. The molecular weight excluding hydrogens is 462 g/mol. The Kier molecular flexibility index (Phi) is 5.54. The van der Waals surface area contributed by atoms with E-state index in [-0.39, 0.29) is 40.9 Å². The van der Waals surface area contributed by atoms with Gasteiger partial charge in [-0.2, -0.15) is 0 Å². The van der Waals surface area contributed by atoms with Crippen LogP contribution < -0.4 is 10.3 Å². The van der Waals surface area contributed by atoms with E-state index >= 15 is 8.78 Å². The van der Waals surface area contributed by atoms with Crippen molar-refractivity contribution < 1.29 is 23.6 Å². The van der Waals surface area contributed by atoms with Gasteiger partial charge in [0.15, 0.2) is 5.82 Å². The molecule has 0 amide bonds. The van der Waals surface area contributed by atoms with Crippen LogP contribution in [-0.4, -0.2) is 45.9 Å². The molecule has 5 rings (SSSR count). The molecular formula is C24H20F2N4O5. The van der Waals surface area contributed by atoms with Crippen molar-refractivity contribution in [3.63, 3.8) is 0 Å². The number of carboxylic acid groups (broad SMARTS) is 1. The van der Waals surface area contributed by atoms with Crippen LogP contribution in [0.2, 0.25) is 0 Å². The van der Waals surface area contributed by atoms with Gasteiger partial charge in [0.2, 0.25) is 5.43 Å². The minimum atomic E-state index is -1.45. The number of nitro groups is 1. The summed E-state index contributed by atoms with van der Waals surface area (Å²) < 4.78 is 32.3. The van der Waals surface area contributed by atoms with Gasteiger partial charge in [-0.15, -0.1) is 0 Å². The van der Waals surface area contributed by atoms with Gasteiger partial charge in [0, 0.05) is 37.6 Å². The number of rotatable bonds is 6. The van der Waals surface area contributed by atoms with Crippen molar-refractivity contribution in [3.8, 4) is 0 Å². The van der Waals surface area contributed by atoms with Crippen LogP contribution in [0.15, 0.2) is 46.3 Å². The molecule has 1 atom stereocenters. The second-order valence-corrected chi connectivity index (χ2v) is 8.72. The van der Waals surface area contributed by atoms with E-state index in [1.165, 1.54) is 21.7 Å². The summed E-state index contributed by atoms with van der Waals surface area (Å²) in [5.41, 5.74) is -1.61. The van der Waals surface area contributed by atoms with E-state index in [2.05, 4.69) is 4.99 Å². The number of nitrogens with zero attached hydrogens (tertiary/aromatic N) is 4. The number of pyridine rings is 1. The lowest BCUT2D eigenvalue weighted by molar-refractivity contribution is -0.385. The quantitative estimate of drug-likeness (QED) is 0.323. The van der Waals surface area contributed by atoms with Gasteiger partial charge in [0.05, 0.1) is 27.4 Å². The number of fused-ring (bicyclic) bond motifs is 1. The number of aromatic carboxylic acids is 1. The molecule has 2 aliphatic rings. The van der Waals surface area contributed by atoms with Crippen molar-refractivity contribution in [2.24, 2.45) is 4.99 Å². The Morgan fingerprint density at radius 3 is 2.66 bits per heavy atom. The van der Waals surface area contributed by atoms with E-state index in [1.54, 1.807) is 18.2 Å². The van der Waals surface area contributed by atoms with Gasteiger partial charge in [0.1, 0.15) is 17.1 Å². The second kappa shape index (κ2) is 8.57. The molecule has 0 bridgehead atoms. The summed E-state index contributed by atoms with van der Waals surface area (Å²) in [5, 5.41) is 20.3. The minimum Gasteiger partial charge on any atom is -0.477 e. The molecule has 35 heavy (non-hydrogen) atoms. The normalized spacial score (nSPS) is 18.0. The standard InChI is InChI=1S/C24H20F2N4O5/c25-18-9-16-21(29(15-5-6-15)12-17(23(16)31)24(32)33)20(26)22(18)28-8-7-14(11-28)27-10-13-3-1-2-4-19(13)30(34)35/h1-4,9-10,12,14-15H,5-8,11H2,(H,32,33)/b27-10+. The van der Waals surface area contributed by atoms with Crippen LogP contribution in [0, 0.1) is 21.7 Å². The Hall–Kier alpha value is -4.15. The molecule has 1 aliphatic carbocycles. The highest BCUT2D eigenvalue weighted by atomic mass is 19.1. The summed E-state index contributed by atoms with van der Waals surface area (Å²) in [6, 6.07) is 6.57. The molecule has 1 aromatic heterocycles. The molecule has 1 N–H and O–H groups in total. The lowest BCUT2D eigenvalue weighted by atomic mass is 10.1. The van der Waals surface area contributed by atoms with E-state index in [9.17, 15) is 24.8 Å². The molecule has 0 spiro atoms. The predicted octanol–water partition coefficient (Wildman–Crippen LogP) is 3.92. The number of aromatic nitrogens is 1. The maximum atomic E-state index is 15.8. The summed E-state index contributed by atoms with van der Waals surface area (Å²) in [4.78, 5) is 40.7. The smallest absolute Gasteiger partial charge is 0.341 e. The number of para-hydroxylation sites is 1. The molecule has 3 aromatic rings. The number of anilines is 1. The van der Waals surface area contributed by atoms with Crippen LogP contribution in [0.1, 0.15) is 41.2 Å². The van der Waals surface area contributed by atoms with Crippen molar-refractivity contribution in [1.29, 1.82) is 0 Å². The Balaban J connectivity index is 1.50. The van der Waals surface area contributed by atoms with Gasteiger partial charge in [-0.1, -0.05) is 12.1 Å². The number of aliphatic imine (C=N–C) groups is 1. The van der Waals surface area contributed by atoms with Crippen molar-refractivity contribution in [3.05, 3.63) is 79.6 Å². The highest BCUT2D eigenvalue weighted by Gasteiger charge is 2.33. The molecule has 180 valence electrons. The molecule has 2 fully saturated rings. The first-order chi connectivity index (χ1) is 16.8. The zero-order valence-electron chi connectivity index (χ0n) is 18.4. The fourth-order valence-electron chi connectivity index (χ4n) is 4.53. The first-order valence-electron chi connectivity index (χ1n) is 11.1. The van der Waals surface area contributed by atoms with E-state index in [0.717, 1.165) is 12.3 Å². The lowest BCUT2D eigenvalue weighted by Gasteiger charge is -2.22. The van der Waals surface area contributed by atoms with E-state index in [1.807, 2.05) is 0 Å². The van der Waals surface area contributed by atoms with Gasteiger partial charge >= 0.3 is 5.97 Å². The van der Waals surface area contributed by atoms with E-state index < -0.39 is 33.5 Å². The van der Waals surface area contributed by atoms with Crippen LogP contribution in [0.3, 0.4) is 0 Å². The van der Waals surface area contributed by atoms with Gasteiger partial charge in [-0.3, -0.25) is 19.9 Å². The fraction of sp³-hybridized carbons (Fsp3) is 0.292. The van der Waals surface area contributed by atoms with E-state index in [0.29, 0.717) is 31.4 Å². The highest BCUT2D eigenvalue weighted by molar-refractivity contribution is 5.94. The van der Waals surface area contributed by atoms with Gasteiger partial charge in [-0.05, 0) is 31.4 Å². The maximum Gasteiger partial charge on any atom is 0.341 e. The van der Waals surface area contributed by atoms with Crippen molar-refractivity contribution in [2.45, 2.75) is 31.3 Å². The highest BCUT2D eigenvalue weighted by Crippen LogP contribution is 2.40. The number of carbonyl (C=O) groups is 1. The SMILES string of the molecule is O=C(O)c1cn(C2CC2)c2c(F)c(N3CCC(/N=C/c4ccccc4[N+](=O)[O-])C3)c(F)cc2c1=O. The Morgan fingerprint density at radius 2 is 1.97 bits per heavy atom. The van der Waals surface area contributed by atoms with Gasteiger partial charge in [0.25, 0.3) is 5.69 Å². The molecule has 2 heterocycles. The number of benzene rings is 2. The average molecular weight is 482 g/mol. The summed E-state index contributed by atoms with van der Waals surface area (Å²) >= 11 is 0. The minimum absolute atomic E-state index is 0.0866. The largest absolute Gasteiger partial charge is 0.477 e. The average Bonchev–Trinajstić information content (AvgIpc) is 3.56. The molecule has 1 unspecified atom stereocenters. The first kappa shape index (κ1) is 22.6. The number of halogens is 2. The Morgan fingerprint density at radius 1 is 1.23 bits per heavy atom. The van der Waals surface area contributed by atoms with Gasteiger partial charge in [-0.25, -0.2) is 13.6 Å². The lowest BCUT2D eigenvalue weighted by Crippen LogP contribution is -2.25. The third-order valence-corrected chi connectivity index (χ3v) is 6.39. The maximum absolute atomic E-state index is 15.8. The number of nitro benzene ring substituents is 1. The third kappa shape index (κ3) is 4.02. The summed E-state index contributed by atoms with van der Waals surface area (Å²) in [6.45, 7) is 0.469. The number of carboxylic acids is 1.